The summed E-state index contributed by atoms with van der Waals surface area (Å²) in [4.78, 5) is 45.1. The van der Waals surface area contributed by atoms with E-state index in [9.17, 15) is 33.4 Å². The van der Waals surface area contributed by atoms with E-state index in [1.807, 2.05) is 6.07 Å². The highest BCUT2D eigenvalue weighted by atomic mass is 35.5. The van der Waals surface area contributed by atoms with Crippen molar-refractivity contribution in [2.24, 2.45) is 0 Å². The largest absolute Gasteiger partial charge is 0.394 e. The average molecular weight is 598 g/mol. The second-order valence-corrected chi connectivity index (χ2v) is 11.3. The minimum Gasteiger partial charge on any atom is -0.394 e. The average Bonchev–Trinajstić information content (AvgIpc) is 3.46. The van der Waals surface area contributed by atoms with Crippen LogP contribution in [0.25, 0.3) is 0 Å². The van der Waals surface area contributed by atoms with E-state index >= 15 is 0 Å². The molecule has 13 heteroatoms. The molecule has 2 aromatic carbocycles. The predicted octanol–water partition coefficient (Wildman–Crippen LogP) is 1.84. The lowest BCUT2D eigenvalue weighted by Gasteiger charge is -2.45. The molecule has 5 N–H and O–H groups in total. The molecular formula is C29H26ClF2N5O5. The molecule has 3 amide bonds. The highest BCUT2D eigenvalue weighted by Gasteiger charge is 2.51. The number of amides is 3. The molecule has 2 atom stereocenters. The summed E-state index contributed by atoms with van der Waals surface area (Å²) in [7, 11) is 0. The molecule has 3 aromatic rings. The number of pyridine rings is 1. The van der Waals surface area contributed by atoms with Crippen LogP contribution in [0.1, 0.15) is 28.3 Å². The monoisotopic (exact) mass is 597 g/mol. The van der Waals surface area contributed by atoms with Crippen molar-refractivity contribution < 1.29 is 33.4 Å². The molecule has 3 aliphatic rings. The van der Waals surface area contributed by atoms with E-state index < -0.39 is 60.2 Å². The van der Waals surface area contributed by atoms with E-state index in [1.54, 1.807) is 24.4 Å². The van der Waals surface area contributed by atoms with Gasteiger partial charge in [0.1, 0.15) is 29.5 Å². The zero-order valence-electron chi connectivity index (χ0n) is 22.1. The van der Waals surface area contributed by atoms with Gasteiger partial charge in [-0.15, -0.1) is 0 Å². The first-order chi connectivity index (χ1) is 20.1. The molecule has 1 saturated heterocycles. The maximum Gasteiger partial charge on any atom is 0.248 e. The number of anilines is 2. The van der Waals surface area contributed by atoms with Gasteiger partial charge in [-0.2, -0.15) is 0 Å². The fourth-order valence-electron chi connectivity index (χ4n) is 6.17. The van der Waals surface area contributed by atoms with Gasteiger partial charge in [0.2, 0.25) is 17.7 Å². The smallest absolute Gasteiger partial charge is 0.248 e. The Labute approximate surface area is 243 Å². The molecule has 0 saturated carbocycles. The van der Waals surface area contributed by atoms with Crippen LogP contribution in [0.2, 0.25) is 5.02 Å². The maximum absolute atomic E-state index is 14.0. The SMILES string of the molecule is O=C(CN1C(=O)C(CO)(CO)NC[C@H]1c1cc(F)cc(F)c1)Nc1cc2c(cc1Cl)CC1(C2)C(=O)Nc2ncccc21. The number of carbonyl (C=O) groups excluding carboxylic acids is 3. The molecule has 1 aliphatic carbocycles. The Balaban J connectivity index is 1.26. The molecule has 1 aromatic heterocycles. The van der Waals surface area contributed by atoms with E-state index in [2.05, 4.69) is 20.9 Å². The van der Waals surface area contributed by atoms with Gasteiger partial charge in [-0.25, -0.2) is 13.8 Å². The molecule has 0 bridgehead atoms. The summed E-state index contributed by atoms with van der Waals surface area (Å²) in [6.07, 6.45) is 2.38. The number of rotatable bonds is 6. The second-order valence-electron chi connectivity index (χ2n) is 10.9. The summed E-state index contributed by atoms with van der Waals surface area (Å²) in [5, 5.41) is 28.3. The number of benzene rings is 2. The third-order valence-electron chi connectivity index (χ3n) is 8.34. The second kappa shape index (κ2) is 10.4. The number of nitrogens with zero attached hydrogens (tertiary/aromatic N) is 2. The lowest BCUT2D eigenvalue weighted by atomic mass is 9.79. The highest BCUT2D eigenvalue weighted by Crippen LogP contribution is 2.48. The van der Waals surface area contributed by atoms with Crippen LogP contribution in [0.15, 0.2) is 48.7 Å². The summed E-state index contributed by atoms with van der Waals surface area (Å²) < 4.78 is 28.1. The van der Waals surface area contributed by atoms with E-state index in [1.165, 1.54) is 0 Å². The molecule has 218 valence electrons. The summed E-state index contributed by atoms with van der Waals surface area (Å²) in [6, 6.07) is 8.83. The van der Waals surface area contributed by atoms with Crippen molar-refractivity contribution in [1.29, 1.82) is 0 Å². The van der Waals surface area contributed by atoms with E-state index in [0.717, 1.165) is 33.7 Å². The molecule has 6 rings (SSSR count). The van der Waals surface area contributed by atoms with Gasteiger partial charge in [0.25, 0.3) is 0 Å². The number of aliphatic hydroxyl groups is 2. The number of hydrogen-bond donors (Lipinski definition) is 5. The summed E-state index contributed by atoms with van der Waals surface area (Å²) >= 11 is 6.54. The first-order valence-corrected chi connectivity index (χ1v) is 13.6. The summed E-state index contributed by atoms with van der Waals surface area (Å²) in [5.41, 5.74) is 0.190. The Morgan fingerprint density at radius 3 is 2.48 bits per heavy atom. The van der Waals surface area contributed by atoms with Gasteiger partial charge in [0, 0.05) is 24.4 Å². The Morgan fingerprint density at radius 2 is 1.79 bits per heavy atom. The zero-order chi connectivity index (χ0) is 29.8. The lowest BCUT2D eigenvalue weighted by Crippen LogP contribution is -2.69. The number of fused-ring (bicyclic) bond motifs is 3. The quantitative estimate of drug-likeness (QED) is 0.292. The minimum absolute atomic E-state index is 0.0936. The topological polar surface area (TPSA) is 144 Å². The van der Waals surface area contributed by atoms with Crippen molar-refractivity contribution in [1.82, 2.24) is 15.2 Å². The normalized spacial score (nSPS) is 22.2. The van der Waals surface area contributed by atoms with Gasteiger partial charge in [-0.1, -0.05) is 17.7 Å². The third kappa shape index (κ3) is 4.51. The molecule has 42 heavy (non-hydrogen) atoms. The van der Waals surface area contributed by atoms with Gasteiger partial charge in [-0.05, 0) is 59.9 Å². The molecule has 2 aliphatic heterocycles. The van der Waals surface area contributed by atoms with E-state index in [-0.39, 0.29) is 28.7 Å². The first-order valence-electron chi connectivity index (χ1n) is 13.2. The van der Waals surface area contributed by atoms with Crippen LogP contribution in [-0.4, -0.2) is 69.7 Å². The Hall–Kier alpha value is -3.97. The summed E-state index contributed by atoms with van der Waals surface area (Å²) in [6.45, 7) is -2.20. The Kier molecular flexibility index (Phi) is 6.97. The minimum atomic E-state index is -1.78. The third-order valence-corrected chi connectivity index (χ3v) is 8.65. The Bertz CT molecular complexity index is 1610. The molecular weight excluding hydrogens is 572 g/mol. The molecule has 0 radical (unpaired) electrons. The van der Waals surface area contributed by atoms with Crippen molar-refractivity contribution in [3.05, 3.63) is 87.6 Å². The van der Waals surface area contributed by atoms with Gasteiger partial charge >= 0.3 is 0 Å². The van der Waals surface area contributed by atoms with Gasteiger partial charge in [0.15, 0.2) is 0 Å². The number of hydrogen-bond acceptors (Lipinski definition) is 7. The van der Waals surface area contributed by atoms with Crippen LogP contribution in [0.5, 0.6) is 0 Å². The fraction of sp³-hybridized carbons (Fsp3) is 0.310. The van der Waals surface area contributed by atoms with Gasteiger partial charge in [-0.3, -0.25) is 19.7 Å². The van der Waals surface area contributed by atoms with Crippen molar-refractivity contribution in [2.45, 2.75) is 29.8 Å². The number of nitrogens with one attached hydrogen (secondary N) is 3. The van der Waals surface area contributed by atoms with Crippen molar-refractivity contribution in [2.75, 3.05) is 36.9 Å². The number of halogens is 3. The van der Waals surface area contributed by atoms with Crippen LogP contribution in [-0.2, 0) is 32.6 Å². The van der Waals surface area contributed by atoms with Crippen LogP contribution in [0.3, 0.4) is 0 Å². The summed E-state index contributed by atoms with van der Waals surface area (Å²) in [5.74, 6) is -2.85. The highest BCUT2D eigenvalue weighted by molar-refractivity contribution is 6.34. The van der Waals surface area contributed by atoms with Crippen LogP contribution in [0, 0.1) is 11.6 Å². The maximum atomic E-state index is 14.0. The molecule has 3 heterocycles. The van der Waals surface area contributed by atoms with Crippen LogP contribution >= 0.6 is 11.6 Å². The van der Waals surface area contributed by atoms with Crippen molar-refractivity contribution in [3.63, 3.8) is 0 Å². The number of aliphatic hydroxyl groups excluding tert-OH is 2. The first kappa shape index (κ1) is 28.2. The molecule has 1 fully saturated rings. The molecule has 10 nitrogen and oxygen atoms in total. The van der Waals surface area contributed by atoms with Gasteiger partial charge < -0.3 is 25.7 Å². The lowest BCUT2D eigenvalue weighted by molar-refractivity contribution is -0.151. The van der Waals surface area contributed by atoms with Gasteiger partial charge in [0.05, 0.1) is 35.4 Å². The van der Waals surface area contributed by atoms with E-state index in [4.69, 9.17) is 11.6 Å². The number of aromatic nitrogens is 1. The Morgan fingerprint density at radius 1 is 1.10 bits per heavy atom. The van der Waals surface area contributed by atoms with Crippen molar-refractivity contribution in [3.8, 4) is 0 Å². The zero-order valence-corrected chi connectivity index (χ0v) is 22.8. The van der Waals surface area contributed by atoms with E-state index in [0.29, 0.717) is 24.7 Å². The molecule has 1 unspecified atom stereocenters. The standard InChI is InChI=1S/C29H26ClF2N5O5/c30-21-6-16-9-28(20-2-1-3-33-25(20)36-26(28)41)10-17(16)7-22(21)35-24(40)12-37-23(15-4-18(31)8-19(32)5-15)11-34-29(13-38,14-39)27(37)42/h1-8,23,34,38-39H,9-14H2,(H,35,40)(H,33,36,41)/t23-,28?/m0/s1. The van der Waals surface area contributed by atoms with Crippen molar-refractivity contribution >= 4 is 40.8 Å². The predicted molar refractivity (Wildman–Crippen MR) is 148 cm³/mol. The van der Waals surface area contributed by atoms with Crippen LogP contribution in [0.4, 0.5) is 20.3 Å². The number of piperazine rings is 1. The molecule has 1 spiro atoms. The fourth-order valence-corrected chi connectivity index (χ4v) is 6.41. The number of carbonyl (C=O) groups is 3. The van der Waals surface area contributed by atoms with Crippen LogP contribution < -0.4 is 16.0 Å².